The van der Waals surface area contributed by atoms with E-state index in [0.717, 1.165) is 0 Å². The second kappa shape index (κ2) is 1.40. The summed E-state index contributed by atoms with van der Waals surface area (Å²) in [5.41, 5.74) is -1.63. The molecular weight excluding hydrogens is 166 g/mol. The summed E-state index contributed by atoms with van der Waals surface area (Å²) in [6.07, 6.45) is 0.869. The third-order valence-electron chi connectivity index (χ3n) is 4.04. The molecule has 4 saturated carbocycles. The van der Waals surface area contributed by atoms with Gasteiger partial charge in [0.05, 0.1) is 0 Å². The van der Waals surface area contributed by atoms with Crippen LogP contribution < -0.4 is 0 Å². The quantitative estimate of drug-likeness (QED) is 0.651. The zero-order valence-electron chi connectivity index (χ0n) is 6.26. The van der Waals surface area contributed by atoms with Gasteiger partial charge in [0, 0.05) is 5.92 Å². The first-order valence-corrected chi connectivity index (χ1v) is 4.14. The SMILES string of the molecule is O=C(O)C12C3CC(CC31)C2(F)F. The van der Waals surface area contributed by atoms with Crippen molar-refractivity contribution >= 4 is 5.97 Å². The van der Waals surface area contributed by atoms with Crippen LogP contribution in [0.1, 0.15) is 12.8 Å². The van der Waals surface area contributed by atoms with E-state index in [1.54, 1.807) is 0 Å². The van der Waals surface area contributed by atoms with Gasteiger partial charge in [-0.15, -0.1) is 0 Å². The minimum absolute atomic E-state index is 0.213. The lowest BCUT2D eigenvalue weighted by molar-refractivity contribution is -0.161. The molecule has 0 saturated heterocycles. The lowest BCUT2D eigenvalue weighted by Crippen LogP contribution is -2.35. The number of hydrogen-bond acceptors (Lipinski definition) is 1. The highest BCUT2D eigenvalue weighted by Gasteiger charge is 2.92. The van der Waals surface area contributed by atoms with E-state index in [1.165, 1.54) is 0 Å². The number of carboxylic acid groups (broad SMARTS) is 1. The summed E-state index contributed by atoms with van der Waals surface area (Å²) in [4.78, 5) is 10.7. The Morgan fingerprint density at radius 2 is 1.83 bits per heavy atom. The van der Waals surface area contributed by atoms with Crippen LogP contribution in [0.15, 0.2) is 0 Å². The van der Waals surface area contributed by atoms with Crippen LogP contribution >= 0.6 is 0 Å². The van der Waals surface area contributed by atoms with Gasteiger partial charge in [-0.05, 0) is 24.7 Å². The molecule has 0 amide bonds. The van der Waals surface area contributed by atoms with E-state index in [1.807, 2.05) is 0 Å². The first-order valence-electron chi connectivity index (χ1n) is 4.14. The molecule has 4 heteroatoms. The van der Waals surface area contributed by atoms with Crippen molar-refractivity contribution in [3.05, 3.63) is 0 Å². The monoisotopic (exact) mass is 174 g/mol. The smallest absolute Gasteiger partial charge is 0.316 e. The maximum atomic E-state index is 13.3. The van der Waals surface area contributed by atoms with Crippen LogP contribution in [0.25, 0.3) is 0 Å². The summed E-state index contributed by atoms with van der Waals surface area (Å²) in [5, 5.41) is 8.77. The van der Waals surface area contributed by atoms with Crippen molar-refractivity contribution in [3.63, 3.8) is 0 Å². The lowest BCUT2D eigenvalue weighted by Gasteiger charge is -2.18. The molecule has 0 radical (unpaired) electrons. The van der Waals surface area contributed by atoms with E-state index in [-0.39, 0.29) is 11.8 Å². The second-order valence-electron chi connectivity index (χ2n) is 4.18. The van der Waals surface area contributed by atoms with Gasteiger partial charge in [0.2, 0.25) is 0 Å². The van der Waals surface area contributed by atoms with Crippen LogP contribution in [0.3, 0.4) is 0 Å². The molecule has 1 N–H and O–H groups in total. The third kappa shape index (κ3) is 0.361. The molecule has 66 valence electrons. The minimum Gasteiger partial charge on any atom is -0.481 e. The fourth-order valence-corrected chi connectivity index (χ4v) is 3.54. The maximum absolute atomic E-state index is 13.3. The van der Waals surface area contributed by atoms with Gasteiger partial charge in [-0.3, -0.25) is 4.79 Å². The molecule has 0 aromatic carbocycles. The van der Waals surface area contributed by atoms with Gasteiger partial charge in [-0.2, -0.15) is 0 Å². The van der Waals surface area contributed by atoms with Gasteiger partial charge in [-0.1, -0.05) is 0 Å². The topological polar surface area (TPSA) is 37.3 Å². The number of alkyl halides is 2. The Kier molecular flexibility index (Phi) is 0.795. The Morgan fingerprint density at radius 3 is 2.00 bits per heavy atom. The van der Waals surface area contributed by atoms with E-state index in [9.17, 15) is 13.6 Å². The standard InChI is InChI=1S/C8H8F2O2/c9-8(10)3-1-4-5(2-3)7(4,8)6(11)12/h3-5H,1-2H2,(H,11,12). The number of carboxylic acids is 1. The van der Waals surface area contributed by atoms with E-state index in [4.69, 9.17) is 5.11 Å². The summed E-state index contributed by atoms with van der Waals surface area (Å²) in [6, 6.07) is 0. The zero-order chi connectivity index (χ0) is 8.72. The van der Waals surface area contributed by atoms with Crippen molar-refractivity contribution in [3.8, 4) is 0 Å². The Morgan fingerprint density at radius 1 is 1.33 bits per heavy atom. The normalized spacial score (nSPS) is 57.3. The van der Waals surface area contributed by atoms with Crippen molar-refractivity contribution in [2.24, 2.45) is 23.2 Å². The third-order valence-corrected chi connectivity index (χ3v) is 4.04. The van der Waals surface area contributed by atoms with E-state index < -0.39 is 23.2 Å². The van der Waals surface area contributed by atoms with Crippen molar-refractivity contribution in [2.45, 2.75) is 18.8 Å². The van der Waals surface area contributed by atoms with Crippen LogP contribution in [0, 0.1) is 23.2 Å². The molecular formula is C8H8F2O2. The molecule has 0 spiro atoms. The molecule has 4 rings (SSSR count). The Balaban J connectivity index is 2.15. The largest absolute Gasteiger partial charge is 0.481 e. The van der Waals surface area contributed by atoms with Crippen LogP contribution in [0.5, 0.6) is 0 Å². The minimum atomic E-state index is -2.92. The highest BCUT2D eigenvalue weighted by molar-refractivity contribution is 5.83. The summed E-state index contributed by atoms with van der Waals surface area (Å²) < 4.78 is 26.7. The molecule has 0 aromatic rings. The van der Waals surface area contributed by atoms with Gasteiger partial charge in [-0.25, -0.2) is 8.78 Å². The van der Waals surface area contributed by atoms with Crippen LogP contribution in [0.4, 0.5) is 8.78 Å². The maximum Gasteiger partial charge on any atom is 0.316 e. The molecule has 4 fully saturated rings. The highest BCUT2D eigenvalue weighted by atomic mass is 19.3. The average molecular weight is 174 g/mol. The number of halogens is 2. The molecule has 0 heterocycles. The van der Waals surface area contributed by atoms with Crippen LogP contribution in [0.2, 0.25) is 0 Å². The number of hydrogen-bond donors (Lipinski definition) is 1. The van der Waals surface area contributed by atoms with Crippen molar-refractivity contribution in [1.82, 2.24) is 0 Å². The Hall–Kier alpha value is -0.670. The van der Waals surface area contributed by atoms with Gasteiger partial charge in [0.15, 0.2) is 0 Å². The first kappa shape index (κ1) is 6.80. The molecule has 12 heavy (non-hydrogen) atoms. The van der Waals surface area contributed by atoms with Crippen molar-refractivity contribution in [2.75, 3.05) is 0 Å². The summed E-state index contributed by atoms with van der Waals surface area (Å²) in [6.45, 7) is 0. The molecule has 4 aliphatic carbocycles. The predicted molar refractivity (Wildman–Crippen MR) is 34.7 cm³/mol. The lowest BCUT2D eigenvalue weighted by atomic mass is 10.00. The van der Waals surface area contributed by atoms with Gasteiger partial charge >= 0.3 is 5.97 Å². The second-order valence-corrected chi connectivity index (χ2v) is 4.18. The average Bonchev–Trinajstić information content (AvgIpc) is 2.30. The number of rotatable bonds is 1. The first-order chi connectivity index (χ1) is 5.53. The molecule has 0 aromatic heterocycles. The Labute approximate surface area is 67.6 Å². The predicted octanol–water partition coefficient (Wildman–Crippen LogP) is 1.36. The van der Waals surface area contributed by atoms with Crippen molar-refractivity contribution < 1.29 is 18.7 Å². The molecule has 4 aliphatic rings. The van der Waals surface area contributed by atoms with E-state index in [2.05, 4.69) is 0 Å². The summed E-state index contributed by atoms with van der Waals surface area (Å²) >= 11 is 0. The van der Waals surface area contributed by atoms with Crippen LogP contribution in [-0.2, 0) is 4.79 Å². The molecule has 2 nitrogen and oxygen atoms in total. The fourth-order valence-electron chi connectivity index (χ4n) is 3.54. The molecule has 0 aliphatic heterocycles. The van der Waals surface area contributed by atoms with Gasteiger partial charge < -0.3 is 5.11 Å². The van der Waals surface area contributed by atoms with E-state index >= 15 is 0 Å². The van der Waals surface area contributed by atoms with Crippen molar-refractivity contribution in [1.29, 1.82) is 0 Å². The van der Waals surface area contributed by atoms with Gasteiger partial charge in [0.1, 0.15) is 5.41 Å². The van der Waals surface area contributed by atoms with Gasteiger partial charge in [0.25, 0.3) is 5.92 Å². The highest BCUT2D eigenvalue weighted by Crippen LogP contribution is 2.84. The Bertz CT molecular complexity index is 275. The summed E-state index contributed by atoms with van der Waals surface area (Å²) in [7, 11) is 0. The number of carbonyl (C=O) groups is 1. The molecule has 2 unspecified atom stereocenters. The fraction of sp³-hybridized carbons (Fsp3) is 0.875. The van der Waals surface area contributed by atoms with E-state index in [0.29, 0.717) is 12.8 Å². The number of aliphatic carboxylic acids is 1. The molecule has 2 atom stereocenters. The molecule has 4 bridgehead atoms. The van der Waals surface area contributed by atoms with Crippen LogP contribution in [-0.4, -0.2) is 17.0 Å². The zero-order valence-corrected chi connectivity index (χ0v) is 6.26. The summed E-state index contributed by atoms with van der Waals surface area (Å²) in [5.74, 6) is -5.26.